The molecule has 2 aliphatic rings. The highest BCUT2D eigenvalue weighted by atomic mass is 32.2. The third kappa shape index (κ3) is 5.76. The van der Waals surface area contributed by atoms with Gasteiger partial charge in [-0.3, -0.25) is 0 Å². The third-order valence-corrected chi connectivity index (χ3v) is 6.75. The zero-order valence-electron chi connectivity index (χ0n) is 11.0. The molecule has 0 bridgehead atoms. The maximum absolute atomic E-state index is 11.8. The molecular weight excluding hydrogens is 288 g/mol. The van der Waals surface area contributed by atoms with E-state index in [9.17, 15) is 16.8 Å². The van der Waals surface area contributed by atoms with E-state index in [0.717, 1.165) is 0 Å². The van der Waals surface area contributed by atoms with Crippen molar-refractivity contribution in [3.05, 3.63) is 0 Å². The zero-order valence-corrected chi connectivity index (χ0v) is 12.6. The highest BCUT2D eigenvalue weighted by Gasteiger charge is 2.28. The summed E-state index contributed by atoms with van der Waals surface area (Å²) in [4.78, 5) is 0. The summed E-state index contributed by atoms with van der Waals surface area (Å²) in [5.41, 5.74) is 0. The smallest absolute Gasteiger partial charge is 0.211 e. The molecule has 1 unspecified atom stereocenters. The SMILES string of the molecule is O=S1(=O)CCCC(NS(=O)(=O)CCCNC2CC2)C1. The van der Waals surface area contributed by atoms with Gasteiger partial charge in [0.15, 0.2) is 9.84 Å². The fourth-order valence-electron chi connectivity index (χ4n) is 2.28. The summed E-state index contributed by atoms with van der Waals surface area (Å²) in [6.07, 6.45) is 4.08. The number of sulfone groups is 1. The van der Waals surface area contributed by atoms with Crippen molar-refractivity contribution in [2.24, 2.45) is 0 Å². The van der Waals surface area contributed by atoms with Gasteiger partial charge in [0.2, 0.25) is 10.0 Å². The van der Waals surface area contributed by atoms with Crippen LogP contribution in [0.15, 0.2) is 0 Å². The first-order chi connectivity index (χ1) is 8.86. The summed E-state index contributed by atoms with van der Waals surface area (Å²) < 4.78 is 49.1. The molecule has 2 fully saturated rings. The van der Waals surface area contributed by atoms with E-state index in [2.05, 4.69) is 10.0 Å². The lowest BCUT2D eigenvalue weighted by Gasteiger charge is -2.22. The van der Waals surface area contributed by atoms with Crippen molar-refractivity contribution in [3.8, 4) is 0 Å². The van der Waals surface area contributed by atoms with Crippen LogP contribution in [-0.2, 0) is 19.9 Å². The minimum absolute atomic E-state index is 0.0588. The Hall–Kier alpha value is -0.180. The molecule has 1 atom stereocenters. The highest BCUT2D eigenvalue weighted by molar-refractivity contribution is 7.91. The normalized spacial score (nSPS) is 27.3. The van der Waals surface area contributed by atoms with Crippen LogP contribution < -0.4 is 10.0 Å². The molecule has 0 radical (unpaired) electrons. The van der Waals surface area contributed by atoms with Crippen molar-refractivity contribution in [1.29, 1.82) is 0 Å². The van der Waals surface area contributed by atoms with Crippen LogP contribution in [0.2, 0.25) is 0 Å². The predicted octanol–water partition coefficient (Wildman–Crippen LogP) is -0.375. The van der Waals surface area contributed by atoms with Crippen LogP contribution in [0.5, 0.6) is 0 Å². The van der Waals surface area contributed by atoms with Crippen molar-refractivity contribution in [3.63, 3.8) is 0 Å². The monoisotopic (exact) mass is 310 g/mol. The van der Waals surface area contributed by atoms with E-state index >= 15 is 0 Å². The molecule has 1 heterocycles. The number of hydrogen-bond donors (Lipinski definition) is 2. The Balaban J connectivity index is 1.72. The van der Waals surface area contributed by atoms with Crippen molar-refractivity contribution >= 4 is 19.9 Å². The molecule has 0 aromatic carbocycles. The quantitative estimate of drug-likeness (QED) is 0.626. The van der Waals surface area contributed by atoms with Gasteiger partial charge < -0.3 is 5.32 Å². The van der Waals surface area contributed by atoms with E-state index in [1.807, 2.05) is 0 Å². The molecule has 0 amide bonds. The molecule has 0 aromatic heterocycles. The second-order valence-corrected chi connectivity index (χ2v) is 9.57. The number of sulfonamides is 1. The molecule has 1 saturated carbocycles. The fourth-order valence-corrected chi connectivity index (χ4v) is 5.38. The average Bonchev–Trinajstić information content (AvgIpc) is 3.06. The Morgan fingerprint density at radius 1 is 1.11 bits per heavy atom. The summed E-state index contributed by atoms with van der Waals surface area (Å²) in [7, 11) is -6.44. The minimum atomic E-state index is -3.36. The van der Waals surface area contributed by atoms with Gasteiger partial charge in [0.25, 0.3) is 0 Å². The van der Waals surface area contributed by atoms with Gasteiger partial charge in [0.05, 0.1) is 17.3 Å². The molecular formula is C11H22N2O4S2. The highest BCUT2D eigenvalue weighted by Crippen LogP contribution is 2.18. The van der Waals surface area contributed by atoms with Crippen LogP contribution in [-0.4, -0.2) is 52.7 Å². The van der Waals surface area contributed by atoms with E-state index in [1.54, 1.807) is 0 Å². The van der Waals surface area contributed by atoms with E-state index in [1.165, 1.54) is 12.8 Å². The number of nitrogens with one attached hydrogen (secondary N) is 2. The Bertz CT molecular complexity index is 497. The molecule has 112 valence electrons. The Morgan fingerprint density at radius 3 is 2.47 bits per heavy atom. The minimum Gasteiger partial charge on any atom is -0.314 e. The number of hydrogen-bond acceptors (Lipinski definition) is 5. The van der Waals surface area contributed by atoms with Crippen molar-refractivity contribution in [2.45, 2.75) is 44.2 Å². The lowest BCUT2D eigenvalue weighted by molar-refractivity contribution is 0.515. The van der Waals surface area contributed by atoms with Crippen molar-refractivity contribution < 1.29 is 16.8 Å². The molecule has 2 N–H and O–H groups in total. The van der Waals surface area contributed by atoms with Crippen LogP contribution in [0.4, 0.5) is 0 Å². The van der Waals surface area contributed by atoms with Gasteiger partial charge in [-0.05, 0) is 38.6 Å². The van der Waals surface area contributed by atoms with Gasteiger partial charge >= 0.3 is 0 Å². The summed E-state index contributed by atoms with van der Waals surface area (Å²) >= 11 is 0. The molecule has 0 spiro atoms. The van der Waals surface area contributed by atoms with Crippen LogP contribution >= 0.6 is 0 Å². The average molecular weight is 310 g/mol. The lowest BCUT2D eigenvalue weighted by atomic mass is 10.2. The van der Waals surface area contributed by atoms with Gasteiger partial charge in [-0.1, -0.05) is 0 Å². The third-order valence-electron chi connectivity index (χ3n) is 3.41. The first kappa shape index (κ1) is 15.2. The maximum atomic E-state index is 11.8. The summed E-state index contributed by atoms with van der Waals surface area (Å²) in [5, 5.41) is 3.26. The maximum Gasteiger partial charge on any atom is 0.211 e. The number of rotatable bonds is 7. The second-order valence-electron chi connectivity index (χ2n) is 5.47. The van der Waals surface area contributed by atoms with Crippen LogP contribution in [0, 0.1) is 0 Å². The Morgan fingerprint density at radius 2 is 1.84 bits per heavy atom. The molecule has 6 nitrogen and oxygen atoms in total. The van der Waals surface area contributed by atoms with Gasteiger partial charge in [-0.15, -0.1) is 0 Å². The van der Waals surface area contributed by atoms with Crippen LogP contribution in [0.1, 0.15) is 32.1 Å². The van der Waals surface area contributed by atoms with E-state index in [-0.39, 0.29) is 17.3 Å². The molecule has 1 aliphatic heterocycles. The van der Waals surface area contributed by atoms with Crippen molar-refractivity contribution in [1.82, 2.24) is 10.0 Å². The first-order valence-corrected chi connectivity index (χ1v) is 10.3. The van der Waals surface area contributed by atoms with Gasteiger partial charge in [-0.2, -0.15) is 0 Å². The standard InChI is InChI=1S/C11H22N2O4S2/c14-18(15)7-1-3-11(9-18)13-19(16,17)8-2-6-12-10-4-5-10/h10-13H,1-9H2. The Kier molecular flexibility index (Phi) is 4.86. The van der Waals surface area contributed by atoms with Gasteiger partial charge in [0.1, 0.15) is 0 Å². The molecule has 19 heavy (non-hydrogen) atoms. The molecule has 2 rings (SSSR count). The van der Waals surface area contributed by atoms with E-state index in [4.69, 9.17) is 0 Å². The molecule has 1 aliphatic carbocycles. The predicted molar refractivity (Wildman–Crippen MR) is 74.2 cm³/mol. The van der Waals surface area contributed by atoms with E-state index in [0.29, 0.717) is 31.8 Å². The van der Waals surface area contributed by atoms with Crippen molar-refractivity contribution in [2.75, 3.05) is 23.8 Å². The zero-order chi connectivity index (χ0) is 13.9. The molecule has 1 saturated heterocycles. The van der Waals surface area contributed by atoms with E-state index < -0.39 is 25.9 Å². The summed E-state index contributed by atoms with van der Waals surface area (Å²) in [6, 6.07) is 0.138. The second kappa shape index (κ2) is 6.07. The van der Waals surface area contributed by atoms with Gasteiger partial charge in [0, 0.05) is 12.1 Å². The van der Waals surface area contributed by atoms with Crippen LogP contribution in [0.3, 0.4) is 0 Å². The molecule has 8 heteroatoms. The summed E-state index contributed by atoms with van der Waals surface area (Å²) in [5.74, 6) is 0.173. The van der Waals surface area contributed by atoms with Gasteiger partial charge in [-0.25, -0.2) is 21.6 Å². The topological polar surface area (TPSA) is 92.3 Å². The largest absolute Gasteiger partial charge is 0.314 e. The molecule has 0 aromatic rings. The summed E-state index contributed by atoms with van der Waals surface area (Å²) in [6.45, 7) is 0.703. The fraction of sp³-hybridized carbons (Fsp3) is 1.00. The van der Waals surface area contributed by atoms with Crippen LogP contribution in [0.25, 0.3) is 0 Å². The Labute approximate surface area is 115 Å². The first-order valence-electron chi connectivity index (χ1n) is 6.80. The lowest BCUT2D eigenvalue weighted by Crippen LogP contribution is -2.44.